The number of hydrazone groups is 1. The summed E-state index contributed by atoms with van der Waals surface area (Å²) in [4.78, 5) is 22.9. The fourth-order valence-electron chi connectivity index (χ4n) is 2.33. The van der Waals surface area contributed by atoms with Crippen LogP contribution in [0.2, 0.25) is 0 Å². The monoisotopic (exact) mass is 385 g/mol. The van der Waals surface area contributed by atoms with Crippen LogP contribution < -0.4 is 5.01 Å². The number of anilines is 1. The molecular formula is C17H12BrN3O3. The highest BCUT2D eigenvalue weighted by Crippen LogP contribution is 2.27. The third kappa shape index (κ3) is 3.11. The molecular weight excluding hydrogens is 374 g/mol. The Kier molecular flexibility index (Phi) is 4.26. The SMILES string of the molecule is CC1=NN(c2cccc(Br)c2)C(=O)C1=Cc1ccc([N+](=O)[O-])cc1. The average Bonchev–Trinajstić information content (AvgIpc) is 2.83. The van der Waals surface area contributed by atoms with Crippen LogP contribution in [0, 0.1) is 10.1 Å². The van der Waals surface area contributed by atoms with Crippen LogP contribution in [0.3, 0.4) is 0 Å². The van der Waals surface area contributed by atoms with Gasteiger partial charge in [0.1, 0.15) is 0 Å². The summed E-state index contributed by atoms with van der Waals surface area (Å²) in [6, 6.07) is 13.3. The molecule has 0 N–H and O–H groups in total. The topological polar surface area (TPSA) is 75.8 Å². The maximum absolute atomic E-state index is 12.6. The molecule has 24 heavy (non-hydrogen) atoms. The van der Waals surface area contributed by atoms with Crippen LogP contribution >= 0.6 is 15.9 Å². The number of hydrogen-bond donors (Lipinski definition) is 0. The Morgan fingerprint density at radius 3 is 2.54 bits per heavy atom. The van der Waals surface area contributed by atoms with Gasteiger partial charge in [0.05, 0.1) is 21.9 Å². The molecule has 0 radical (unpaired) electrons. The molecule has 3 rings (SSSR count). The molecule has 0 unspecified atom stereocenters. The van der Waals surface area contributed by atoms with Crippen molar-refractivity contribution in [3.05, 3.63) is 74.3 Å². The van der Waals surface area contributed by atoms with Gasteiger partial charge >= 0.3 is 0 Å². The number of nitro benzene ring substituents is 1. The maximum Gasteiger partial charge on any atom is 0.280 e. The summed E-state index contributed by atoms with van der Waals surface area (Å²) in [6.07, 6.45) is 1.68. The first-order valence-corrected chi connectivity index (χ1v) is 7.87. The highest BCUT2D eigenvalue weighted by Gasteiger charge is 2.28. The number of amides is 1. The summed E-state index contributed by atoms with van der Waals surface area (Å²) in [5.74, 6) is -0.232. The van der Waals surface area contributed by atoms with Crippen molar-refractivity contribution < 1.29 is 9.72 Å². The standard InChI is InChI=1S/C17H12BrN3O3/c1-11-16(9-12-5-7-14(8-6-12)21(23)24)17(22)20(19-11)15-4-2-3-13(18)10-15/h2-10H,1H3. The second-order valence-electron chi connectivity index (χ2n) is 5.19. The molecule has 0 saturated carbocycles. The Balaban J connectivity index is 1.91. The highest BCUT2D eigenvalue weighted by molar-refractivity contribution is 9.10. The summed E-state index contributed by atoms with van der Waals surface area (Å²) >= 11 is 3.38. The Morgan fingerprint density at radius 1 is 1.21 bits per heavy atom. The second kappa shape index (κ2) is 6.37. The van der Waals surface area contributed by atoms with Gasteiger partial charge in [0, 0.05) is 16.6 Å². The lowest BCUT2D eigenvalue weighted by Gasteiger charge is -2.11. The number of non-ortho nitro benzene ring substituents is 1. The van der Waals surface area contributed by atoms with Crippen LogP contribution in [0.25, 0.3) is 6.08 Å². The zero-order valence-electron chi connectivity index (χ0n) is 12.6. The molecule has 0 spiro atoms. The number of rotatable bonds is 3. The van der Waals surface area contributed by atoms with E-state index in [2.05, 4.69) is 21.0 Å². The molecule has 1 aliphatic rings. The van der Waals surface area contributed by atoms with Crippen LogP contribution in [0.4, 0.5) is 11.4 Å². The average molecular weight is 386 g/mol. The van der Waals surface area contributed by atoms with Gasteiger partial charge in [-0.25, -0.2) is 0 Å². The zero-order chi connectivity index (χ0) is 17.3. The lowest BCUT2D eigenvalue weighted by atomic mass is 10.1. The number of carbonyl (C=O) groups excluding carboxylic acids is 1. The van der Waals surface area contributed by atoms with Crippen molar-refractivity contribution in [1.29, 1.82) is 0 Å². The molecule has 0 aromatic heterocycles. The third-order valence-electron chi connectivity index (χ3n) is 3.53. The summed E-state index contributed by atoms with van der Waals surface area (Å²) in [6.45, 7) is 1.76. The Morgan fingerprint density at radius 2 is 1.92 bits per heavy atom. The largest absolute Gasteiger partial charge is 0.280 e. The van der Waals surface area contributed by atoms with Crippen molar-refractivity contribution in [2.45, 2.75) is 6.92 Å². The van der Waals surface area contributed by atoms with Gasteiger partial charge in [-0.1, -0.05) is 22.0 Å². The van der Waals surface area contributed by atoms with E-state index < -0.39 is 4.92 Å². The van der Waals surface area contributed by atoms with E-state index in [9.17, 15) is 14.9 Å². The quantitative estimate of drug-likeness (QED) is 0.452. The first kappa shape index (κ1) is 16.1. The van der Waals surface area contributed by atoms with Crippen molar-refractivity contribution in [3.8, 4) is 0 Å². The minimum Gasteiger partial charge on any atom is -0.267 e. The van der Waals surface area contributed by atoms with Crippen LogP contribution in [0.5, 0.6) is 0 Å². The molecule has 2 aromatic carbocycles. The molecule has 120 valence electrons. The molecule has 0 atom stereocenters. The van der Waals surface area contributed by atoms with Gasteiger partial charge in [-0.3, -0.25) is 14.9 Å². The van der Waals surface area contributed by atoms with E-state index in [1.165, 1.54) is 17.1 Å². The fourth-order valence-corrected chi connectivity index (χ4v) is 2.71. The molecule has 1 heterocycles. The molecule has 1 aliphatic heterocycles. The van der Waals surface area contributed by atoms with E-state index in [1.807, 2.05) is 18.2 Å². The first-order chi connectivity index (χ1) is 11.5. The van der Waals surface area contributed by atoms with Gasteiger partial charge in [-0.05, 0) is 48.9 Å². The van der Waals surface area contributed by atoms with Crippen molar-refractivity contribution in [1.82, 2.24) is 0 Å². The van der Waals surface area contributed by atoms with E-state index in [0.29, 0.717) is 22.5 Å². The Labute approximate surface area is 146 Å². The number of benzene rings is 2. The summed E-state index contributed by atoms with van der Waals surface area (Å²) in [5.41, 5.74) is 2.44. The van der Waals surface area contributed by atoms with E-state index in [4.69, 9.17) is 0 Å². The van der Waals surface area contributed by atoms with Gasteiger partial charge in [0.25, 0.3) is 11.6 Å². The number of nitrogens with zero attached hydrogens (tertiary/aromatic N) is 3. The van der Waals surface area contributed by atoms with E-state index in [1.54, 1.807) is 31.2 Å². The van der Waals surface area contributed by atoms with Crippen molar-refractivity contribution in [2.75, 3.05) is 5.01 Å². The lowest BCUT2D eigenvalue weighted by Crippen LogP contribution is -2.21. The minimum absolute atomic E-state index is 0.0102. The fraction of sp³-hybridized carbons (Fsp3) is 0.0588. The maximum atomic E-state index is 12.6. The van der Waals surface area contributed by atoms with Crippen LogP contribution in [0.1, 0.15) is 12.5 Å². The summed E-state index contributed by atoms with van der Waals surface area (Å²) in [7, 11) is 0. The lowest BCUT2D eigenvalue weighted by molar-refractivity contribution is -0.384. The van der Waals surface area contributed by atoms with Crippen molar-refractivity contribution in [3.63, 3.8) is 0 Å². The third-order valence-corrected chi connectivity index (χ3v) is 4.02. The van der Waals surface area contributed by atoms with Gasteiger partial charge < -0.3 is 0 Å². The van der Waals surface area contributed by atoms with Crippen molar-refractivity contribution >= 4 is 45.0 Å². The molecule has 2 aromatic rings. The molecule has 7 heteroatoms. The van der Waals surface area contributed by atoms with E-state index in [-0.39, 0.29) is 11.6 Å². The zero-order valence-corrected chi connectivity index (χ0v) is 14.2. The summed E-state index contributed by atoms with van der Waals surface area (Å²) in [5, 5.41) is 16.3. The number of nitro groups is 1. The molecule has 6 nitrogen and oxygen atoms in total. The molecule has 1 amide bonds. The molecule has 0 saturated heterocycles. The predicted molar refractivity (Wildman–Crippen MR) is 95.8 cm³/mol. The van der Waals surface area contributed by atoms with Gasteiger partial charge in [-0.2, -0.15) is 10.1 Å². The number of carbonyl (C=O) groups is 1. The highest BCUT2D eigenvalue weighted by atomic mass is 79.9. The van der Waals surface area contributed by atoms with Crippen LogP contribution in [0.15, 0.2) is 63.7 Å². The van der Waals surface area contributed by atoms with Crippen molar-refractivity contribution in [2.24, 2.45) is 5.10 Å². The van der Waals surface area contributed by atoms with Crippen LogP contribution in [-0.4, -0.2) is 16.5 Å². The summed E-state index contributed by atoms with van der Waals surface area (Å²) < 4.78 is 0.855. The minimum atomic E-state index is -0.459. The predicted octanol–water partition coefficient (Wildman–Crippen LogP) is 4.16. The van der Waals surface area contributed by atoms with Gasteiger partial charge in [0.2, 0.25) is 0 Å². The normalized spacial score (nSPS) is 15.8. The Hall–Kier alpha value is -2.80. The van der Waals surface area contributed by atoms with Gasteiger partial charge in [0.15, 0.2) is 0 Å². The van der Waals surface area contributed by atoms with Crippen LogP contribution in [-0.2, 0) is 4.79 Å². The number of halogens is 1. The smallest absolute Gasteiger partial charge is 0.267 e. The van der Waals surface area contributed by atoms with E-state index >= 15 is 0 Å². The Bertz CT molecular complexity index is 888. The molecule has 0 aliphatic carbocycles. The van der Waals surface area contributed by atoms with E-state index in [0.717, 1.165) is 4.47 Å². The van der Waals surface area contributed by atoms with Gasteiger partial charge in [-0.15, -0.1) is 0 Å². The molecule has 0 fully saturated rings. The second-order valence-corrected chi connectivity index (χ2v) is 6.10. The first-order valence-electron chi connectivity index (χ1n) is 7.07. The number of hydrogen-bond acceptors (Lipinski definition) is 4. The molecule has 0 bridgehead atoms.